The van der Waals surface area contributed by atoms with E-state index in [0.29, 0.717) is 12.5 Å². The topological polar surface area (TPSA) is 49.9 Å². The molecule has 2 rings (SSSR count). The summed E-state index contributed by atoms with van der Waals surface area (Å²) in [5, 5.41) is 0. The van der Waals surface area contributed by atoms with Gasteiger partial charge in [0.2, 0.25) is 5.91 Å². The van der Waals surface area contributed by atoms with Gasteiger partial charge in [0.05, 0.1) is 7.11 Å². The van der Waals surface area contributed by atoms with Crippen LogP contribution in [0.5, 0.6) is 5.75 Å². The molecular formula is C23H36N2O3. The molecule has 1 fully saturated rings. The number of Topliss-reactive ketones (excluding diaryl/α,β-unsaturated/α-hetero) is 1. The molecule has 1 heterocycles. The number of likely N-dealkylation sites (tertiary alicyclic amines) is 1. The number of hydrogen-bond donors (Lipinski definition) is 0. The van der Waals surface area contributed by atoms with Gasteiger partial charge in [-0.3, -0.25) is 9.59 Å². The van der Waals surface area contributed by atoms with Gasteiger partial charge in [0.1, 0.15) is 11.5 Å². The largest absolute Gasteiger partial charge is 0.497 e. The van der Waals surface area contributed by atoms with Crippen LogP contribution in [0.25, 0.3) is 0 Å². The van der Waals surface area contributed by atoms with Crippen LogP contribution in [-0.4, -0.2) is 60.8 Å². The molecule has 1 saturated heterocycles. The summed E-state index contributed by atoms with van der Waals surface area (Å²) in [6.45, 7) is 9.47. The standard InChI is InChI=1S/C23H36N2O3/c1-5-24(18(2)17-20-8-10-22(28-4)11-9-20)14-6-7-23(27)25-15-12-21(13-16-25)19(3)26/h8-11,18,21H,5-7,12-17H2,1-4H3. The van der Waals surface area contributed by atoms with Gasteiger partial charge in [-0.1, -0.05) is 19.1 Å². The summed E-state index contributed by atoms with van der Waals surface area (Å²) in [5.41, 5.74) is 1.30. The van der Waals surface area contributed by atoms with Crippen LogP contribution in [0.4, 0.5) is 0 Å². The normalized spacial score (nSPS) is 16.2. The number of hydrogen-bond acceptors (Lipinski definition) is 4. The van der Waals surface area contributed by atoms with E-state index in [1.165, 1.54) is 5.56 Å². The van der Waals surface area contributed by atoms with Crippen LogP contribution in [0, 0.1) is 5.92 Å². The summed E-state index contributed by atoms with van der Waals surface area (Å²) in [5.74, 6) is 1.53. The number of carbonyl (C=O) groups excluding carboxylic acids is 2. The smallest absolute Gasteiger partial charge is 0.222 e. The number of ketones is 1. The van der Waals surface area contributed by atoms with Crippen LogP contribution in [0.3, 0.4) is 0 Å². The van der Waals surface area contributed by atoms with Gasteiger partial charge in [-0.05, 0) is 70.3 Å². The van der Waals surface area contributed by atoms with E-state index in [0.717, 1.165) is 57.6 Å². The van der Waals surface area contributed by atoms with Gasteiger partial charge >= 0.3 is 0 Å². The minimum absolute atomic E-state index is 0.151. The second-order valence-electron chi connectivity index (χ2n) is 7.90. The third kappa shape index (κ3) is 6.62. The number of piperidine rings is 1. The quantitative estimate of drug-likeness (QED) is 0.615. The van der Waals surface area contributed by atoms with Gasteiger partial charge in [0.15, 0.2) is 0 Å². The number of carbonyl (C=O) groups is 2. The highest BCUT2D eigenvalue weighted by Gasteiger charge is 2.25. The highest BCUT2D eigenvalue weighted by Crippen LogP contribution is 2.19. The van der Waals surface area contributed by atoms with E-state index in [9.17, 15) is 9.59 Å². The van der Waals surface area contributed by atoms with E-state index in [1.807, 2.05) is 17.0 Å². The molecule has 1 aromatic rings. The maximum Gasteiger partial charge on any atom is 0.222 e. The van der Waals surface area contributed by atoms with Crippen LogP contribution in [0.15, 0.2) is 24.3 Å². The molecule has 1 unspecified atom stereocenters. The third-order valence-corrected chi connectivity index (χ3v) is 5.98. The Kier molecular flexibility index (Phi) is 8.97. The molecule has 1 aliphatic rings. The van der Waals surface area contributed by atoms with Crippen molar-refractivity contribution < 1.29 is 14.3 Å². The van der Waals surface area contributed by atoms with Crippen molar-refractivity contribution in [1.29, 1.82) is 0 Å². The fraction of sp³-hybridized carbons (Fsp3) is 0.652. The minimum Gasteiger partial charge on any atom is -0.497 e. The summed E-state index contributed by atoms with van der Waals surface area (Å²) in [4.78, 5) is 28.3. The summed E-state index contributed by atoms with van der Waals surface area (Å²) >= 11 is 0. The Morgan fingerprint density at radius 2 is 1.86 bits per heavy atom. The number of nitrogens with zero attached hydrogens (tertiary/aromatic N) is 2. The lowest BCUT2D eigenvalue weighted by Crippen LogP contribution is -2.40. The molecule has 0 aliphatic carbocycles. The molecule has 1 aliphatic heterocycles. The summed E-state index contributed by atoms with van der Waals surface area (Å²) in [6.07, 6.45) is 4.11. The van der Waals surface area contributed by atoms with E-state index < -0.39 is 0 Å². The Morgan fingerprint density at radius 1 is 1.21 bits per heavy atom. The molecule has 0 aromatic heterocycles. The molecule has 1 amide bonds. The van der Waals surface area contributed by atoms with E-state index in [4.69, 9.17) is 4.74 Å². The number of ether oxygens (including phenoxy) is 1. The average Bonchev–Trinajstić information content (AvgIpc) is 2.71. The first-order chi connectivity index (χ1) is 13.4. The SMILES string of the molecule is CCN(CCCC(=O)N1CCC(C(C)=O)CC1)C(C)Cc1ccc(OC)cc1. The molecule has 5 heteroatoms. The lowest BCUT2D eigenvalue weighted by atomic mass is 9.93. The van der Waals surface area contributed by atoms with Crippen molar-refractivity contribution in [3.8, 4) is 5.75 Å². The molecule has 5 nitrogen and oxygen atoms in total. The van der Waals surface area contributed by atoms with Crippen molar-refractivity contribution in [3.63, 3.8) is 0 Å². The molecule has 28 heavy (non-hydrogen) atoms. The highest BCUT2D eigenvalue weighted by atomic mass is 16.5. The van der Waals surface area contributed by atoms with Gasteiger partial charge in [-0.2, -0.15) is 0 Å². The fourth-order valence-electron chi connectivity index (χ4n) is 4.05. The zero-order valence-corrected chi connectivity index (χ0v) is 17.9. The number of methoxy groups -OCH3 is 1. The third-order valence-electron chi connectivity index (χ3n) is 5.98. The maximum atomic E-state index is 12.5. The molecule has 0 spiro atoms. The zero-order chi connectivity index (χ0) is 20.5. The molecule has 1 aromatic carbocycles. The average molecular weight is 389 g/mol. The second-order valence-corrected chi connectivity index (χ2v) is 7.90. The van der Waals surface area contributed by atoms with Crippen molar-refractivity contribution in [1.82, 2.24) is 9.80 Å². The molecule has 0 radical (unpaired) electrons. The van der Waals surface area contributed by atoms with Gasteiger partial charge in [0.25, 0.3) is 0 Å². The lowest BCUT2D eigenvalue weighted by Gasteiger charge is -2.31. The Morgan fingerprint density at radius 3 is 2.39 bits per heavy atom. The van der Waals surface area contributed by atoms with Crippen molar-refractivity contribution in [3.05, 3.63) is 29.8 Å². The molecule has 0 N–H and O–H groups in total. The molecular weight excluding hydrogens is 352 g/mol. The summed E-state index contributed by atoms with van der Waals surface area (Å²) in [6, 6.07) is 8.69. The Bertz CT molecular complexity index is 621. The van der Waals surface area contributed by atoms with Gasteiger partial charge in [0, 0.05) is 31.5 Å². The Balaban J connectivity index is 1.73. The van der Waals surface area contributed by atoms with Crippen LogP contribution < -0.4 is 4.74 Å². The Labute approximate surface area is 170 Å². The van der Waals surface area contributed by atoms with E-state index in [2.05, 4.69) is 30.9 Å². The van der Waals surface area contributed by atoms with Crippen molar-refractivity contribution in [2.45, 2.75) is 58.9 Å². The summed E-state index contributed by atoms with van der Waals surface area (Å²) in [7, 11) is 1.68. The van der Waals surface area contributed by atoms with Crippen LogP contribution in [0.2, 0.25) is 0 Å². The lowest BCUT2D eigenvalue weighted by molar-refractivity contribution is -0.134. The molecule has 0 saturated carbocycles. The molecule has 0 bridgehead atoms. The molecule has 1 atom stereocenters. The second kappa shape index (κ2) is 11.2. The monoisotopic (exact) mass is 388 g/mol. The number of likely N-dealkylation sites (N-methyl/N-ethyl adjacent to an activating group) is 1. The predicted molar refractivity (Wildman–Crippen MR) is 113 cm³/mol. The first-order valence-corrected chi connectivity index (χ1v) is 10.6. The van der Waals surface area contributed by atoms with Gasteiger partial charge in [-0.25, -0.2) is 0 Å². The van der Waals surface area contributed by atoms with Crippen LogP contribution >= 0.6 is 0 Å². The van der Waals surface area contributed by atoms with E-state index in [-0.39, 0.29) is 17.6 Å². The Hall–Kier alpha value is -1.88. The first-order valence-electron chi connectivity index (χ1n) is 10.6. The number of amides is 1. The van der Waals surface area contributed by atoms with Gasteiger partial charge < -0.3 is 14.5 Å². The van der Waals surface area contributed by atoms with E-state index >= 15 is 0 Å². The van der Waals surface area contributed by atoms with Gasteiger partial charge in [-0.15, -0.1) is 0 Å². The summed E-state index contributed by atoms with van der Waals surface area (Å²) < 4.78 is 5.22. The van der Waals surface area contributed by atoms with Crippen LogP contribution in [0.1, 0.15) is 52.0 Å². The first kappa shape index (κ1) is 22.4. The fourth-order valence-corrected chi connectivity index (χ4v) is 4.05. The van der Waals surface area contributed by atoms with E-state index in [1.54, 1.807) is 14.0 Å². The van der Waals surface area contributed by atoms with Crippen molar-refractivity contribution >= 4 is 11.7 Å². The van der Waals surface area contributed by atoms with Crippen molar-refractivity contribution in [2.75, 3.05) is 33.3 Å². The molecule has 156 valence electrons. The highest BCUT2D eigenvalue weighted by molar-refractivity contribution is 5.79. The predicted octanol–water partition coefficient (Wildman–Crippen LogP) is 3.56. The van der Waals surface area contributed by atoms with Crippen LogP contribution in [-0.2, 0) is 16.0 Å². The number of benzene rings is 1. The maximum absolute atomic E-state index is 12.5. The number of rotatable bonds is 10. The van der Waals surface area contributed by atoms with Crippen molar-refractivity contribution in [2.24, 2.45) is 5.92 Å². The zero-order valence-electron chi connectivity index (χ0n) is 17.9. The minimum atomic E-state index is 0.151.